The second kappa shape index (κ2) is 7.54. The second-order valence-electron chi connectivity index (χ2n) is 11.0. The van der Waals surface area contributed by atoms with Crippen molar-refractivity contribution < 1.29 is 14.3 Å². The predicted molar refractivity (Wildman–Crippen MR) is 131 cm³/mol. The van der Waals surface area contributed by atoms with Gasteiger partial charge in [-0.3, -0.25) is 9.59 Å². The van der Waals surface area contributed by atoms with Crippen molar-refractivity contribution in [3.05, 3.63) is 59.5 Å². The first-order chi connectivity index (χ1) is 16.7. The number of amides is 1. The lowest BCUT2D eigenvalue weighted by atomic mass is 9.65. The molecule has 1 atom stereocenters. The highest BCUT2D eigenvalue weighted by Gasteiger charge is 2.65. The lowest BCUT2D eigenvalue weighted by Crippen LogP contribution is -2.58. The molecule has 7 rings (SSSR count). The van der Waals surface area contributed by atoms with Gasteiger partial charge in [-0.15, -0.1) is 5.10 Å². The normalized spacial score (nSPS) is 29.3. The number of pyridine rings is 1. The minimum absolute atomic E-state index is 0.0975. The van der Waals surface area contributed by atoms with Crippen molar-refractivity contribution >= 4 is 23.2 Å². The number of nitrogens with one attached hydrogen (secondary N) is 1. The number of aryl methyl sites for hydroxylation is 1. The van der Waals surface area contributed by atoms with Crippen LogP contribution in [0.5, 0.6) is 0 Å². The first-order valence-electron chi connectivity index (χ1n) is 12.3. The zero-order valence-electron chi connectivity index (χ0n) is 20.5. The Kier molecular flexibility index (Phi) is 4.75. The molecule has 3 heterocycles. The number of esters is 1. The summed E-state index contributed by atoms with van der Waals surface area (Å²) in [5.41, 5.74) is 3.44. The minimum atomic E-state index is -0.427. The molecule has 0 radical (unpaired) electrons. The molecule has 8 nitrogen and oxygen atoms in total. The van der Waals surface area contributed by atoms with E-state index in [-0.39, 0.29) is 28.7 Å². The van der Waals surface area contributed by atoms with Crippen LogP contribution in [0.15, 0.2) is 42.6 Å². The average Bonchev–Trinajstić information content (AvgIpc) is 3.61. The Balaban J connectivity index is 1.20. The first kappa shape index (κ1) is 22.1. The molecule has 2 aromatic heterocycles. The fourth-order valence-electron chi connectivity index (χ4n) is 6.64. The number of carbonyl (C=O) groups excluding carboxylic acids is 2. The maximum atomic E-state index is 13.1. The van der Waals surface area contributed by atoms with E-state index in [1.165, 1.54) is 12.7 Å². The summed E-state index contributed by atoms with van der Waals surface area (Å²) in [4.78, 5) is 32.1. The van der Waals surface area contributed by atoms with Crippen LogP contribution in [0.3, 0.4) is 0 Å². The Labute approximate surface area is 204 Å². The lowest BCUT2D eigenvalue weighted by molar-refractivity contribution is -0.158. The van der Waals surface area contributed by atoms with Gasteiger partial charge in [0.05, 0.1) is 24.4 Å². The summed E-state index contributed by atoms with van der Waals surface area (Å²) in [6, 6.07) is 12.8. The molecular weight excluding hydrogens is 442 g/mol. The van der Waals surface area contributed by atoms with Crippen LogP contribution < -0.4 is 10.2 Å². The Bertz CT molecular complexity index is 1330. The molecule has 3 saturated carbocycles. The molecule has 3 aromatic rings. The van der Waals surface area contributed by atoms with Crippen LogP contribution in [0.25, 0.3) is 5.65 Å². The molecule has 1 aromatic carbocycles. The Morgan fingerprint density at radius 3 is 2.63 bits per heavy atom. The fraction of sp³-hybridized carbons (Fsp3) is 0.481. The standard InChI is InChI=1S/C27H31N5O3/c1-18-13-20(31-12-11-25(2,17-31)19-7-5-4-6-8-19)14-32-22(18)28-21(30-32)23(33)29-27-10-9-26(15-27,16-27)24(34)35-3/h4-8,13-14H,9-12,15-17H2,1-3H3,(H,29,33)/t25-,26?,27?/m0/s1. The molecule has 8 heteroatoms. The predicted octanol–water partition coefficient (Wildman–Crippen LogP) is 3.42. The molecule has 1 amide bonds. The number of aromatic nitrogens is 3. The smallest absolute Gasteiger partial charge is 0.311 e. The van der Waals surface area contributed by atoms with E-state index in [0.29, 0.717) is 18.5 Å². The number of hydrogen-bond acceptors (Lipinski definition) is 6. The molecule has 0 unspecified atom stereocenters. The summed E-state index contributed by atoms with van der Waals surface area (Å²) in [6.07, 6.45) is 5.84. The molecule has 1 N–H and O–H groups in total. The van der Waals surface area contributed by atoms with E-state index in [1.807, 2.05) is 13.1 Å². The SMILES string of the molecule is COC(=O)C12CCC(NC(=O)c3nc4c(C)cc(N5CC[C@](C)(c6ccccc6)C5)cn4n3)(C1)C2. The van der Waals surface area contributed by atoms with Gasteiger partial charge in [0.2, 0.25) is 5.82 Å². The summed E-state index contributed by atoms with van der Waals surface area (Å²) >= 11 is 0. The van der Waals surface area contributed by atoms with E-state index < -0.39 is 5.41 Å². The van der Waals surface area contributed by atoms with E-state index in [2.05, 4.69) is 63.6 Å². The molecule has 35 heavy (non-hydrogen) atoms. The van der Waals surface area contributed by atoms with Crippen molar-refractivity contribution in [1.29, 1.82) is 0 Å². The van der Waals surface area contributed by atoms with Gasteiger partial charge < -0.3 is 15.0 Å². The van der Waals surface area contributed by atoms with Crippen LogP contribution in [-0.2, 0) is 14.9 Å². The minimum Gasteiger partial charge on any atom is -0.469 e. The molecule has 0 spiro atoms. The van der Waals surface area contributed by atoms with E-state index in [0.717, 1.165) is 43.6 Å². The zero-order chi connectivity index (χ0) is 24.4. The lowest BCUT2D eigenvalue weighted by Gasteiger charge is -2.45. The Hall–Kier alpha value is -3.42. The molecule has 182 valence electrons. The molecule has 4 aliphatic rings. The summed E-state index contributed by atoms with van der Waals surface area (Å²) in [5, 5.41) is 7.66. The summed E-state index contributed by atoms with van der Waals surface area (Å²) in [5.74, 6) is -0.287. The maximum absolute atomic E-state index is 13.1. The summed E-state index contributed by atoms with van der Waals surface area (Å²) in [7, 11) is 1.43. The highest BCUT2D eigenvalue weighted by atomic mass is 16.5. The molecular formula is C27H31N5O3. The number of carbonyl (C=O) groups is 2. The summed E-state index contributed by atoms with van der Waals surface area (Å²) in [6.45, 7) is 6.22. The average molecular weight is 474 g/mol. The van der Waals surface area contributed by atoms with Gasteiger partial charge in [-0.1, -0.05) is 37.3 Å². The van der Waals surface area contributed by atoms with Crippen molar-refractivity contribution in [2.24, 2.45) is 5.41 Å². The third kappa shape index (κ3) is 3.41. The number of anilines is 1. The fourth-order valence-corrected chi connectivity index (χ4v) is 6.64. The topological polar surface area (TPSA) is 88.8 Å². The highest BCUT2D eigenvalue weighted by molar-refractivity contribution is 5.92. The zero-order valence-corrected chi connectivity index (χ0v) is 20.5. The van der Waals surface area contributed by atoms with Gasteiger partial charge in [0, 0.05) is 24.0 Å². The van der Waals surface area contributed by atoms with Crippen LogP contribution in [0.4, 0.5) is 5.69 Å². The Morgan fingerprint density at radius 2 is 1.89 bits per heavy atom. The number of methoxy groups -OCH3 is 1. The van der Waals surface area contributed by atoms with Gasteiger partial charge in [0.1, 0.15) is 0 Å². The van der Waals surface area contributed by atoms with Gasteiger partial charge >= 0.3 is 5.97 Å². The van der Waals surface area contributed by atoms with Crippen LogP contribution in [0, 0.1) is 12.3 Å². The Morgan fingerprint density at radius 1 is 1.11 bits per heavy atom. The van der Waals surface area contributed by atoms with E-state index in [9.17, 15) is 9.59 Å². The summed E-state index contributed by atoms with van der Waals surface area (Å²) < 4.78 is 6.70. The van der Waals surface area contributed by atoms with Crippen molar-refractivity contribution in [1.82, 2.24) is 19.9 Å². The van der Waals surface area contributed by atoms with Crippen molar-refractivity contribution in [2.75, 3.05) is 25.1 Å². The largest absolute Gasteiger partial charge is 0.469 e. The van der Waals surface area contributed by atoms with E-state index >= 15 is 0 Å². The van der Waals surface area contributed by atoms with Gasteiger partial charge in [0.25, 0.3) is 5.91 Å². The van der Waals surface area contributed by atoms with Gasteiger partial charge in [-0.2, -0.15) is 0 Å². The molecule has 3 aliphatic carbocycles. The van der Waals surface area contributed by atoms with Gasteiger partial charge in [-0.25, -0.2) is 9.50 Å². The van der Waals surface area contributed by atoms with Gasteiger partial charge in [0.15, 0.2) is 5.65 Å². The highest BCUT2D eigenvalue weighted by Crippen LogP contribution is 2.61. The van der Waals surface area contributed by atoms with Crippen molar-refractivity contribution in [2.45, 2.75) is 56.9 Å². The monoisotopic (exact) mass is 473 g/mol. The second-order valence-corrected chi connectivity index (χ2v) is 11.0. The van der Waals surface area contributed by atoms with Gasteiger partial charge in [-0.05, 0) is 56.2 Å². The van der Waals surface area contributed by atoms with E-state index in [1.54, 1.807) is 4.52 Å². The number of fused-ring (bicyclic) bond motifs is 2. The maximum Gasteiger partial charge on any atom is 0.311 e. The number of nitrogens with zero attached hydrogens (tertiary/aromatic N) is 4. The molecule has 2 bridgehead atoms. The van der Waals surface area contributed by atoms with Crippen LogP contribution >= 0.6 is 0 Å². The number of ether oxygens (including phenoxy) is 1. The molecule has 1 aliphatic heterocycles. The third-order valence-electron chi connectivity index (χ3n) is 8.55. The van der Waals surface area contributed by atoms with Crippen LogP contribution in [0.2, 0.25) is 0 Å². The number of benzene rings is 1. The van der Waals surface area contributed by atoms with E-state index in [4.69, 9.17) is 4.74 Å². The van der Waals surface area contributed by atoms with Crippen molar-refractivity contribution in [3.63, 3.8) is 0 Å². The third-order valence-corrected chi connectivity index (χ3v) is 8.55. The quantitative estimate of drug-likeness (QED) is 0.572. The van der Waals surface area contributed by atoms with Crippen LogP contribution in [-0.4, -0.2) is 52.2 Å². The number of rotatable bonds is 5. The van der Waals surface area contributed by atoms with Crippen LogP contribution in [0.1, 0.15) is 60.8 Å². The van der Waals surface area contributed by atoms with Crippen molar-refractivity contribution in [3.8, 4) is 0 Å². The molecule has 1 saturated heterocycles. The first-order valence-corrected chi connectivity index (χ1v) is 12.3. The molecule has 4 fully saturated rings. The number of hydrogen-bond donors (Lipinski definition) is 1.